The van der Waals surface area contributed by atoms with E-state index in [1.807, 2.05) is 31.1 Å². The van der Waals surface area contributed by atoms with Gasteiger partial charge in [-0.15, -0.1) is 0 Å². The van der Waals surface area contributed by atoms with Crippen LogP contribution in [0.3, 0.4) is 0 Å². The minimum absolute atomic E-state index is 0.270. The molecule has 1 unspecified atom stereocenters. The largest absolute Gasteiger partial charge is 0.363 e. The standard InChI is InChI=1S/C17H25N5/c1-14(12-22(4)13-15-8-6-5-7-9-15)19-17-18-11-10-16(20-17)21(2)3/h5-11,14H,12-13H2,1-4H3,(H,18,19,20). The maximum atomic E-state index is 4.49. The lowest BCUT2D eigenvalue weighted by molar-refractivity contribution is 0.316. The van der Waals surface area contributed by atoms with E-state index in [-0.39, 0.29) is 6.04 Å². The summed E-state index contributed by atoms with van der Waals surface area (Å²) in [5.74, 6) is 1.58. The number of rotatable bonds is 7. The number of hydrogen-bond donors (Lipinski definition) is 1. The number of nitrogens with zero attached hydrogens (tertiary/aromatic N) is 4. The van der Waals surface area contributed by atoms with Crippen molar-refractivity contribution in [2.75, 3.05) is 37.9 Å². The molecule has 0 fully saturated rings. The van der Waals surface area contributed by atoms with Gasteiger partial charge in [0.1, 0.15) is 5.82 Å². The van der Waals surface area contributed by atoms with Crippen molar-refractivity contribution in [2.45, 2.75) is 19.5 Å². The Morgan fingerprint density at radius 2 is 1.82 bits per heavy atom. The average molecular weight is 299 g/mol. The molecule has 1 aromatic heterocycles. The molecule has 0 aliphatic rings. The second kappa shape index (κ2) is 7.75. The summed E-state index contributed by atoms with van der Waals surface area (Å²) in [5.41, 5.74) is 1.32. The first-order valence-corrected chi connectivity index (χ1v) is 7.54. The van der Waals surface area contributed by atoms with Gasteiger partial charge >= 0.3 is 0 Å². The van der Waals surface area contributed by atoms with E-state index in [4.69, 9.17) is 0 Å². The fourth-order valence-corrected chi connectivity index (χ4v) is 2.36. The smallest absolute Gasteiger partial charge is 0.224 e. The molecule has 1 aromatic carbocycles. The van der Waals surface area contributed by atoms with Crippen LogP contribution < -0.4 is 10.2 Å². The second-order valence-electron chi connectivity index (χ2n) is 5.86. The first-order valence-electron chi connectivity index (χ1n) is 7.54. The van der Waals surface area contributed by atoms with Gasteiger partial charge in [-0.1, -0.05) is 30.3 Å². The van der Waals surface area contributed by atoms with Gasteiger partial charge in [-0.25, -0.2) is 4.98 Å². The van der Waals surface area contributed by atoms with Crippen LogP contribution >= 0.6 is 0 Å². The van der Waals surface area contributed by atoms with Gasteiger partial charge < -0.3 is 15.1 Å². The van der Waals surface area contributed by atoms with Crippen LogP contribution in [-0.2, 0) is 6.54 Å². The number of hydrogen-bond acceptors (Lipinski definition) is 5. The molecular weight excluding hydrogens is 274 g/mol. The van der Waals surface area contributed by atoms with Crippen LogP contribution in [0.4, 0.5) is 11.8 Å². The number of aromatic nitrogens is 2. The fourth-order valence-electron chi connectivity index (χ4n) is 2.36. The molecule has 118 valence electrons. The normalized spacial score (nSPS) is 12.2. The minimum atomic E-state index is 0.270. The molecule has 1 heterocycles. The van der Waals surface area contributed by atoms with Gasteiger partial charge in [0.15, 0.2) is 0 Å². The summed E-state index contributed by atoms with van der Waals surface area (Å²) in [6.07, 6.45) is 1.78. The number of nitrogens with one attached hydrogen (secondary N) is 1. The Kier molecular flexibility index (Phi) is 5.72. The van der Waals surface area contributed by atoms with Crippen molar-refractivity contribution in [3.63, 3.8) is 0 Å². The summed E-state index contributed by atoms with van der Waals surface area (Å²) in [4.78, 5) is 13.0. The lowest BCUT2D eigenvalue weighted by Crippen LogP contribution is -2.32. The van der Waals surface area contributed by atoms with Gasteiger partial charge in [0.2, 0.25) is 5.95 Å². The van der Waals surface area contributed by atoms with E-state index in [1.54, 1.807) is 6.20 Å². The molecule has 0 amide bonds. The van der Waals surface area contributed by atoms with E-state index >= 15 is 0 Å². The third-order valence-electron chi connectivity index (χ3n) is 3.36. The highest BCUT2D eigenvalue weighted by atomic mass is 15.2. The van der Waals surface area contributed by atoms with Gasteiger partial charge in [-0.3, -0.25) is 0 Å². The molecule has 1 atom stereocenters. The Morgan fingerprint density at radius 1 is 1.09 bits per heavy atom. The van der Waals surface area contributed by atoms with Crippen molar-refractivity contribution in [3.05, 3.63) is 48.2 Å². The maximum absolute atomic E-state index is 4.49. The van der Waals surface area contributed by atoms with Gasteiger partial charge in [0.25, 0.3) is 0 Å². The minimum Gasteiger partial charge on any atom is -0.363 e. The summed E-state index contributed by atoms with van der Waals surface area (Å²) in [6.45, 7) is 4.00. The van der Waals surface area contributed by atoms with E-state index in [2.05, 4.69) is 58.4 Å². The topological polar surface area (TPSA) is 44.3 Å². The van der Waals surface area contributed by atoms with Crippen molar-refractivity contribution in [1.82, 2.24) is 14.9 Å². The van der Waals surface area contributed by atoms with Gasteiger partial charge in [0.05, 0.1) is 0 Å². The summed E-state index contributed by atoms with van der Waals surface area (Å²) in [6, 6.07) is 12.7. The molecule has 0 spiro atoms. The van der Waals surface area contributed by atoms with Crippen LogP contribution in [0.2, 0.25) is 0 Å². The highest BCUT2D eigenvalue weighted by molar-refractivity contribution is 5.41. The van der Waals surface area contributed by atoms with Crippen LogP contribution in [0.5, 0.6) is 0 Å². The zero-order valence-electron chi connectivity index (χ0n) is 13.8. The van der Waals surface area contributed by atoms with Crippen molar-refractivity contribution in [3.8, 4) is 0 Å². The molecule has 2 aromatic rings. The molecule has 5 heteroatoms. The molecule has 0 saturated heterocycles. The Balaban J connectivity index is 1.87. The quantitative estimate of drug-likeness (QED) is 0.851. The third kappa shape index (κ3) is 5.00. The Labute approximate surface area is 133 Å². The van der Waals surface area contributed by atoms with Crippen LogP contribution in [0, 0.1) is 0 Å². The summed E-state index contributed by atoms with van der Waals surface area (Å²) < 4.78 is 0. The lowest BCUT2D eigenvalue weighted by Gasteiger charge is -2.22. The van der Waals surface area contributed by atoms with E-state index in [0.717, 1.165) is 18.9 Å². The van der Waals surface area contributed by atoms with Crippen LogP contribution in [-0.4, -0.2) is 48.6 Å². The SMILES string of the molecule is CC(CN(C)Cc1ccccc1)Nc1nccc(N(C)C)n1. The predicted molar refractivity (Wildman–Crippen MR) is 92.2 cm³/mol. The molecule has 0 aliphatic carbocycles. The Hall–Kier alpha value is -2.14. The molecule has 0 bridgehead atoms. The number of anilines is 2. The molecule has 22 heavy (non-hydrogen) atoms. The van der Waals surface area contributed by atoms with Crippen molar-refractivity contribution in [2.24, 2.45) is 0 Å². The second-order valence-corrected chi connectivity index (χ2v) is 5.86. The van der Waals surface area contributed by atoms with Gasteiger partial charge in [0, 0.05) is 39.4 Å². The van der Waals surface area contributed by atoms with Crippen LogP contribution in [0.1, 0.15) is 12.5 Å². The Morgan fingerprint density at radius 3 is 2.50 bits per heavy atom. The molecule has 2 rings (SSSR count). The van der Waals surface area contributed by atoms with Crippen LogP contribution in [0.25, 0.3) is 0 Å². The molecule has 0 saturated carbocycles. The highest BCUT2D eigenvalue weighted by Gasteiger charge is 2.09. The monoisotopic (exact) mass is 299 g/mol. The number of likely N-dealkylation sites (N-methyl/N-ethyl adjacent to an activating group) is 1. The zero-order valence-corrected chi connectivity index (χ0v) is 13.8. The van der Waals surface area contributed by atoms with E-state index in [0.29, 0.717) is 5.95 Å². The van der Waals surface area contributed by atoms with E-state index < -0.39 is 0 Å². The van der Waals surface area contributed by atoms with Gasteiger partial charge in [-0.2, -0.15) is 4.98 Å². The molecular formula is C17H25N5. The highest BCUT2D eigenvalue weighted by Crippen LogP contribution is 2.10. The van der Waals surface area contributed by atoms with Crippen molar-refractivity contribution < 1.29 is 0 Å². The summed E-state index contributed by atoms with van der Waals surface area (Å²) in [5, 5.41) is 3.36. The average Bonchev–Trinajstić information content (AvgIpc) is 2.48. The maximum Gasteiger partial charge on any atom is 0.224 e. The summed E-state index contributed by atoms with van der Waals surface area (Å²) in [7, 11) is 6.08. The fraction of sp³-hybridized carbons (Fsp3) is 0.412. The molecule has 1 N–H and O–H groups in total. The molecule has 0 radical (unpaired) electrons. The van der Waals surface area contributed by atoms with Crippen molar-refractivity contribution >= 4 is 11.8 Å². The first-order chi connectivity index (χ1) is 10.5. The van der Waals surface area contributed by atoms with Crippen LogP contribution in [0.15, 0.2) is 42.6 Å². The Bertz CT molecular complexity index is 570. The number of benzene rings is 1. The third-order valence-corrected chi connectivity index (χ3v) is 3.36. The van der Waals surface area contributed by atoms with E-state index in [1.165, 1.54) is 5.56 Å². The predicted octanol–water partition coefficient (Wildman–Crippen LogP) is 2.48. The zero-order chi connectivity index (χ0) is 15.9. The lowest BCUT2D eigenvalue weighted by atomic mass is 10.2. The summed E-state index contributed by atoms with van der Waals surface area (Å²) >= 11 is 0. The molecule has 0 aliphatic heterocycles. The van der Waals surface area contributed by atoms with Crippen molar-refractivity contribution in [1.29, 1.82) is 0 Å². The van der Waals surface area contributed by atoms with Gasteiger partial charge in [-0.05, 0) is 25.6 Å². The van der Waals surface area contributed by atoms with E-state index in [9.17, 15) is 0 Å². The molecule has 5 nitrogen and oxygen atoms in total. The first kappa shape index (κ1) is 16.2.